The summed E-state index contributed by atoms with van der Waals surface area (Å²) in [7, 11) is 0.227. The second kappa shape index (κ2) is 11.0. The first-order valence-electron chi connectivity index (χ1n) is 10.3. The standard InChI is InChI=1S/C22H26N4O7S/c1-5-32-16-8-6-15(7-9-16)22-24-21(33-25-22)13-23-20(27)14-26(2)34(28,29)17-10-11-18(30-3)19(12-17)31-4/h6-12H,5,13-14H2,1-4H3,(H,23,27). The highest BCUT2D eigenvalue weighted by molar-refractivity contribution is 7.89. The Kier molecular flexibility index (Phi) is 8.08. The van der Waals surface area contributed by atoms with Crippen LogP contribution < -0.4 is 19.5 Å². The summed E-state index contributed by atoms with van der Waals surface area (Å²) in [6.07, 6.45) is 0. The highest BCUT2D eigenvalue weighted by atomic mass is 32.2. The van der Waals surface area contributed by atoms with Gasteiger partial charge in [-0.05, 0) is 43.3 Å². The first-order chi connectivity index (χ1) is 16.3. The zero-order chi connectivity index (χ0) is 24.7. The number of carbonyl (C=O) groups is 1. The van der Waals surface area contributed by atoms with Crippen LogP contribution in [0.4, 0.5) is 0 Å². The molecule has 12 heteroatoms. The molecule has 0 fully saturated rings. The summed E-state index contributed by atoms with van der Waals surface area (Å²) in [5, 5.41) is 6.48. The van der Waals surface area contributed by atoms with Crippen molar-refractivity contribution in [3.05, 3.63) is 48.4 Å². The van der Waals surface area contributed by atoms with E-state index in [1.54, 1.807) is 24.3 Å². The Morgan fingerprint density at radius 3 is 2.44 bits per heavy atom. The van der Waals surface area contributed by atoms with E-state index < -0.39 is 22.5 Å². The zero-order valence-electron chi connectivity index (χ0n) is 19.3. The van der Waals surface area contributed by atoms with Crippen molar-refractivity contribution in [1.29, 1.82) is 0 Å². The molecule has 1 N–H and O–H groups in total. The summed E-state index contributed by atoms with van der Waals surface area (Å²) in [4.78, 5) is 16.6. The third-order valence-corrected chi connectivity index (χ3v) is 6.56. The van der Waals surface area contributed by atoms with E-state index in [1.165, 1.54) is 39.5 Å². The van der Waals surface area contributed by atoms with Gasteiger partial charge in [0.15, 0.2) is 11.5 Å². The maximum Gasteiger partial charge on any atom is 0.246 e. The van der Waals surface area contributed by atoms with E-state index in [2.05, 4.69) is 15.5 Å². The van der Waals surface area contributed by atoms with E-state index in [4.69, 9.17) is 18.7 Å². The topological polar surface area (TPSA) is 133 Å². The highest BCUT2D eigenvalue weighted by Gasteiger charge is 2.24. The van der Waals surface area contributed by atoms with Gasteiger partial charge < -0.3 is 24.1 Å². The Bertz CT molecular complexity index is 1230. The van der Waals surface area contributed by atoms with Crippen molar-refractivity contribution in [2.24, 2.45) is 0 Å². The van der Waals surface area contributed by atoms with E-state index in [1.807, 2.05) is 6.92 Å². The van der Waals surface area contributed by atoms with Crippen LogP contribution in [0, 0.1) is 0 Å². The molecule has 3 aromatic rings. The minimum absolute atomic E-state index is 0.0302. The lowest BCUT2D eigenvalue weighted by Gasteiger charge is -2.17. The first kappa shape index (κ1) is 25.0. The molecule has 1 heterocycles. The summed E-state index contributed by atoms with van der Waals surface area (Å²) in [5.41, 5.74) is 0.727. The van der Waals surface area contributed by atoms with Crippen LogP contribution in [-0.4, -0.2) is 63.2 Å². The van der Waals surface area contributed by atoms with E-state index in [9.17, 15) is 13.2 Å². The summed E-state index contributed by atoms with van der Waals surface area (Å²) in [6, 6.07) is 11.4. The molecule has 0 saturated carbocycles. The number of likely N-dealkylation sites (N-methyl/N-ethyl adjacent to an activating group) is 1. The maximum atomic E-state index is 12.8. The van der Waals surface area contributed by atoms with Gasteiger partial charge in [-0.2, -0.15) is 9.29 Å². The third kappa shape index (κ3) is 5.83. The van der Waals surface area contributed by atoms with E-state index >= 15 is 0 Å². The number of benzene rings is 2. The van der Waals surface area contributed by atoms with Crippen molar-refractivity contribution in [3.63, 3.8) is 0 Å². The fourth-order valence-corrected chi connectivity index (χ4v) is 4.13. The molecule has 0 bridgehead atoms. The quantitative estimate of drug-likeness (QED) is 0.429. The lowest BCUT2D eigenvalue weighted by molar-refractivity contribution is -0.121. The number of sulfonamides is 1. The normalized spacial score (nSPS) is 11.3. The number of methoxy groups -OCH3 is 2. The molecular weight excluding hydrogens is 464 g/mol. The molecule has 34 heavy (non-hydrogen) atoms. The molecule has 0 aliphatic rings. The predicted molar refractivity (Wildman–Crippen MR) is 122 cm³/mol. The molecule has 11 nitrogen and oxygen atoms in total. The average Bonchev–Trinajstić information content (AvgIpc) is 3.32. The summed E-state index contributed by atoms with van der Waals surface area (Å²) in [6.45, 7) is 2.01. The van der Waals surface area contributed by atoms with Crippen LogP contribution in [0.3, 0.4) is 0 Å². The fourth-order valence-electron chi connectivity index (χ4n) is 2.99. The van der Waals surface area contributed by atoms with Crippen molar-refractivity contribution < 1.29 is 31.9 Å². The van der Waals surface area contributed by atoms with E-state index in [-0.39, 0.29) is 23.1 Å². The van der Waals surface area contributed by atoms with Crippen molar-refractivity contribution >= 4 is 15.9 Å². The van der Waals surface area contributed by atoms with Gasteiger partial charge in [0, 0.05) is 18.7 Å². The highest BCUT2D eigenvalue weighted by Crippen LogP contribution is 2.30. The number of nitrogens with one attached hydrogen (secondary N) is 1. The second-order valence-electron chi connectivity index (χ2n) is 7.02. The SMILES string of the molecule is CCOc1ccc(-c2noc(CNC(=O)CN(C)S(=O)(=O)c3ccc(OC)c(OC)c3)n2)cc1. The monoisotopic (exact) mass is 490 g/mol. The zero-order valence-corrected chi connectivity index (χ0v) is 20.1. The number of rotatable bonds is 11. The predicted octanol–water partition coefficient (Wildman–Crippen LogP) is 2.09. The Morgan fingerprint density at radius 2 is 1.79 bits per heavy atom. The van der Waals surface area contributed by atoms with Gasteiger partial charge in [0.05, 0.1) is 38.8 Å². The van der Waals surface area contributed by atoms with Crippen LogP contribution >= 0.6 is 0 Å². The number of nitrogens with zero attached hydrogens (tertiary/aromatic N) is 3. The third-order valence-electron chi connectivity index (χ3n) is 4.76. The van der Waals surface area contributed by atoms with Crippen LogP contribution in [0.5, 0.6) is 17.2 Å². The van der Waals surface area contributed by atoms with Crippen LogP contribution in [-0.2, 0) is 21.4 Å². The number of ether oxygens (including phenoxy) is 3. The summed E-state index contributed by atoms with van der Waals surface area (Å²) < 4.78 is 47.5. The lowest BCUT2D eigenvalue weighted by atomic mass is 10.2. The minimum Gasteiger partial charge on any atom is -0.494 e. The lowest BCUT2D eigenvalue weighted by Crippen LogP contribution is -2.38. The molecule has 0 unspecified atom stereocenters. The molecule has 0 aliphatic heterocycles. The van der Waals surface area contributed by atoms with Gasteiger partial charge in [-0.15, -0.1) is 0 Å². The first-order valence-corrected chi connectivity index (χ1v) is 11.7. The average molecular weight is 491 g/mol. The van der Waals surface area contributed by atoms with Gasteiger partial charge in [-0.3, -0.25) is 4.79 Å². The van der Waals surface area contributed by atoms with Crippen LogP contribution in [0.1, 0.15) is 12.8 Å². The fraction of sp³-hybridized carbons (Fsp3) is 0.318. The Balaban J connectivity index is 1.58. The number of aromatic nitrogens is 2. The van der Waals surface area contributed by atoms with E-state index in [0.29, 0.717) is 18.2 Å². The molecule has 0 aliphatic carbocycles. The second-order valence-corrected chi connectivity index (χ2v) is 9.07. The Hall–Kier alpha value is -3.64. The van der Waals surface area contributed by atoms with Crippen molar-refractivity contribution in [3.8, 4) is 28.6 Å². The van der Waals surface area contributed by atoms with Gasteiger partial charge in [-0.1, -0.05) is 5.16 Å². The van der Waals surface area contributed by atoms with Crippen LogP contribution in [0.2, 0.25) is 0 Å². The summed E-state index contributed by atoms with van der Waals surface area (Å²) in [5.74, 6) is 1.40. The van der Waals surface area contributed by atoms with Crippen LogP contribution in [0.15, 0.2) is 51.9 Å². The van der Waals surface area contributed by atoms with Crippen molar-refractivity contribution in [2.45, 2.75) is 18.4 Å². The molecule has 2 aromatic carbocycles. The number of carbonyl (C=O) groups excluding carboxylic acids is 1. The smallest absolute Gasteiger partial charge is 0.246 e. The van der Waals surface area contributed by atoms with Gasteiger partial charge in [0.25, 0.3) is 0 Å². The number of hydrogen-bond acceptors (Lipinski definition) is 9. The molecule has 1 amide bonds. The van der Waals surface area contributed by atoms with Crippen LogP contribution in [0.25, 0.3) is 11.4 Å². The van der Waals surface area contributed by atoms with Gasteiger partial charge in [-0.25, -0.2) is 8.42 Å². The molecule has 0 radical (unpaired) electrons. The minimum atomic E-state index is -3.94. The molecule has 182 valence electrons. The maximum absolute atomic E-state index is 12.8. The number of amides is 1. The number of hydrogen-bond donors (Lipinski definition) is 1. The molecule has 0 atom stereocenters. The van der Waals surface area contributed by atoms with Gasteiger partial charge in [0.2, 0.25) is 27.6 Å². The molecule has 3 rings (SSSR count). The Labute approximate surface area is 197 Å². The molecule has 1 aromatic heterocycles. The Morgan fingerprint density at radius 1 is 1.09 bits per heavy atom. The van der Waals surface area contributed by atoms with E-state index in [0.717, 1.165) is 15.6 Å². The largest absolute Gasteiger partial charge is 0.494 e. The summed E-state index contributed by atoms with van der Waals surface area (Å²) >= 11 is 0. The van der Waals surface area contributed by atoms with Crippen molar-refractivity contribution in [2.75, 3.05) is 34.4 Å². The van der Waals surface area contributed by atoms with Crippen molar-refractivity contribution in [1.82, 2.24) is 19.8 Å². The molecular formula is C22H26N4O7S. The molecule has 0 spiro atoms. The molecule has 0 saturated heterocycles. The van der Waals surface area contributed by atoms with Gasteiger partial charge >= 0.3 is 0 Å². The van der Waals surface area contributed by atoms with Gasteiger partial charge in [0.1, 0.15) is 5.75 Å².